The minimum Gasteiger partial charge on any atom is -0.385 e. The number of amides is 2. The molecule has 5 nitrogen and oxygen atoms in total. The summed E-state index contributed by atoms with van der Waals surface area (Å²) >= 11 is 6.13. The Morgan fingerprint density at radius 2 is 2.05 bits per heavy atom. The number of benzene rings is 1. The first-order valence-corrected chi connectivity index (χ1v) is 7.73. The number of rotatable bonds is 6. The maximum absolute atomic E-state index is 12.5. The van der Waals surface area contributed by atoms with Gasteiger partial charge in [-0.1, -0.05) is 29.8 Å². The molecule has 22 heavy (non-hydrogen) atoms. The molecular weight excluding hydrogens is 304 g/mol. The highest BCUT2D eigenvalue weighted by molar-refractivity contribution is 6.31. The summed E-state index contributed by atoms with van der Waals surface area (Å²) in [6, 6.07) is 6.93. The average molecular weight is 325 g/mol. The molecule has 1 saturated heterocycles. The largest absolute Gasteiger partial charge is 0.385 e. The van der Waals surface area contributed by atoms with E-state index in [4.69, 9.17) is 16.3 Å². The first-order chi connectivity index (χ1) is 10.5. The van der Waals surface area contributed by atoms with Gasteiger partial charge in [0.05, 0.1) is 0 Å². The number of carbonyl (C=O) groups is 2. The Kier molecular flexibility index (Phi) is 5.80. The summed E-state index contributed by atoms with van der Waals surface area (Å²) in [6.45, 7) is 3.35. The summed E-state index contributed by atoms with van der Waals surface area (Å²) in [4.78, 5) is 28.0. The fourth-order valence-corrected chi connectivity index (χ4v) is 2.80. The summed E-state index contributed by atoms with van der Waals surface area (Å²) in [5.41, 5.74) is 0.852. The van der Waals surface area contributed by atoms with E-state index in [1.165, 1.54) is 0 Å². The molecule has 1 heterocycles. The minimum atomic E-state index is -0.444. The Bertz CT molecular complexity index is 550. The van der Waals surface area contributed by atoms with Crippen LogP contribution in [0.1, 0.15) is 18.9 Å². The van der Waals surface area contributed by atoms with Crippen molar-refractivity contribution in [3.8, 4) is 0 Å². The van der Waals surface area contributed by atoms with E-state index in [0.29, 0.717) is 24.7 Å². The van der Waals surface area contributed by atoms with Gasteiger partial charge in [0, 0.05) is 31.8 Å². The van der Waals surface area contributed by atoms with Crippen molar-refractivity contribution in [2.45, 2.75) is 25.9 Å². The van der Waals surface area contributed by atoms with Crippen molar-refractivity contribution >= 4 is 23.4 Å². The van der Waals surface area contributed by atoms with Gasteiger partial charge in [-0.3, -0.25) is 9.59 Å². The lowest BCUT2D eigenvalue weighted by Gasteiger charge is -2.38. The first-order valence-electron chi connectivity index (χ1n) is 7.35. The second kappa shape index (κ2) is 7.61. The third-order valence-electron chi connectivity index (χ3n) is 3.85. The Hall–Kier alpha value is -1.59. The van der Waals surface area contributed by atoms with Gasteiger partial charge in [0.1, 0.15) is 12.6 Å². The molecule has 1 aromatic carbocycles. The van der Waals surface area contributed by atoms with Crippen molar-refractivity contribution in [3.05, 3.63) is 34.9 Å². The van der Waals surface area contributed by atoms with Gasteiger partial charge in [-0.2, -0.15) is 0 Å². The maximum atomic E-state index is 12.5. The smallest absolute Gasteiger partial charge is 0.245 e. The predicted molar refractivity (Wildman–Crippen MR) is 84.5 cm³/mol. The molecule has 0 radical (unpaired) electrons. The number of hydrogen-bond acceptors (Lipinski definition) is 3. The molecule has 0 unspecified atom stereocenters. The van der Waals surface area contributed by atoms with Gasteiger partial charge in [-0.25, -0.2) is 0 Å². The SMILES string of the molecule is COCCCN1C(=O)CN(Cc2ccccc2Cl)C(=O)[C@@H]1C. The standard InChI is InChI=1S/C16H21ClN2O3/c1-12-16(21)18(10-13-6-3-4-7-14(13)17)11-15(20)19(12)8-5-9-22-2/h3-4,6-7,12H,5,8-11H2,1-2H3/t12-/m0/s1. The van der Waals surface area contributed by atoms with Crippen molar-refractivity contribution in [1.29, 1.82) is 0 Å². The van der Waals surface area contributed by atoms with Gasteiger partial charge in [0.25, 0.3) is 0 Å². The van der Waals surface area contributed by atoms with E-state index in [9.17, 15) is 9.59 Å². The number of piperazine rings is 1. The summed E-state index contributed by atoms with van der Waals surface area (Å²) in [5, 5.41) is 0.609. The van der Waals surface area contributed by atoms with E-state index >= 15 is 0 Å². The average Bonchev–Trinajstić information content (AvgIpc) is 2.50. The van der Waals surface area contributed by atoms with Crippen molar-refractivity contribution in [1.82, 2.24) is 9.80 Å². The van der Waals surface area contributed by atoms with Crippen LogP contribution in [0.5, 0.6) is 0 Å². The van der Waals surface area contributed by atoms with E-state index in [0.717, 1.165) is 12.0 Å². The number of carbonyl (C=O) groups excluding carboxylic acids is 2. The number of halogens is 1. The summed E-state index contributed by atoms with van der Waals surface area (Å²) in [5.74, 6) is -0.0767. The van der Waals surface area contributed by atoms with Crippen molar-refractivity contribution < 1.29 is 14.3 Å². The summed E-state index contributed by atoms with van der Waals surface area (Å²) in [7, 11) is 1.62. The summed E-state index contributed by atoms with van der Waals surface area (Å²) < 4.78 is 5.00. The predicted octanol–water partition coefficient (Wildman–Crippen LogP) is 1.94. The lowest BCUT2D eigenvalue weighted by Crippen LogP contribution is -2.58. The molecule has 1 fully saturated rings. The second-order valence-corrected chi connectivity index (χ2v) is 5.80. The fourth-order valence-electron chi connectivity index (χ4n) is 2.61. The Morgan fingerprint density at radius 1 is 1.32 bits per heavy atom. The fraction of sp³-hybridized carbons (Fsp3) is 0.500. The molecule has 2 amide bonds. The maximum Gasteiger partial charge on any atom is 0.245 e. The molecule has 1 atom stereocenters. The number of methoxy groups -OCH3 is 1. The topological polar surface area (TPSA) is 49.9 Å². The number of nitrogens with zero attached hydrogens (tertiary/aromatic N) is 2. The van der Waals surface area contributed by atoms with Crippen LogP contribution in [0, 0.1) is 0 Å². The molecule has 0 saturated carbocycles. The third-order valence-corrected chi connectivity index (χ3v) is 4.22. The minimum absolute atomic E-state index is 0.0322. The molecule has 0 N–H and O–H groups in total. The van der Waals surface area contributed by atoms with Crippen LogP contribution < -0.4 is 0 Å². The Labute approximate surface area is 135 Å². The van der Waals surface area contributed by atoms with E-state index in [2.05, 4.69) is 0 Å². The van der Waals surface area contributed by atoms with Gasteiger partial charge in [0.2, 0.25) is 11.8 Å². The lowest BCUT2D eigenvalue weighted by atomic mass is 10.1. The number of hydrogen-bond donors (Lipinski definition) is 0. The number of ether oxygens (including phenoxy) is 1. The van der Waals surface area contributed by atoms with Crippen molar-refractivity contribution in [2.75, 3.05) is 26.8 Å². The van der Waals surface area contributed by atoms with Crippen LogP contribution in [0.15, 0.2) is 24.3 Å². The normalized spacial score (nSPS) is 19.0. The van der Waals surface area contributed by atoms with Crippen LogP contribution in [0.25, 0.3) is 0 Å². The zero-order valence-corrected chi connectivity index (χ0v) is 13.7. The molecule has 0 bridgehead atoms. The molecule has 6 heteroatoms. The molecule has 0 aliphatic carbocycles. The zero-order chi connectivity index (χ0) is 16.1. The van der Waals surface area contributed by atoms with Crippen LogP contribution >= 0.6 is 11.6 Å². The van der Waals surface area contributed by atoms with Crippen LogP contribution in [-0.4, -0.2) is 54.5 Å². The highest BCUT2D eigenvalue weighted by Gasteiger charge is 2.36. The molecule has 1 aliphatic rings. The van der Waals surface area contributed by atoms with Gasteiger partial charge in [-0.15, -0.1) is 0 Å². The molecule has 1 aliphatic heterocycles. The van der Waals surface area contributed by atoms with E-state index < -0.39 is 6.04 Å². The zero-order valence-electron chi connectivity index (χ0n) is 12.9. The second-order valence-electron chi connectivity index (χ2n) is 5.40. The molecular formula is C16H21ClN2O3. The highest BCUT2D eigenvalue weighted by Crippen LogP contribution is 2.20. The Morgan fingerprint density at radius 3 is 2.73 bits per heavy atom. The molecule has 120 valence electrons. The molecule has 2 rings (SSSR count). The van der Waals surface area contributed by atoms with Crippen LogP contribution in [0.2, 0.25) is 5.02 Å². The van der Waals surface area contributed by atoms with Crippen molar-refractivity contribution in [3.63, 3.8) is 0 Å². The lowest BCUT2D eigenvalue weighted by molar-refractivity contribution is -0.155. The highest BCUT2D eigenvalue weighted by atomic mass is 35.5. The van der Waals surface area contributed by atoms with Crippen LogP contribution in [0.3, 0.4) is 0 Å². The molecule has 0 spiro atoms. The van der Waals surface area contributed by atoms with Crippen molar-refractivity contribution in [2.24, 2.45) is 0 Å². The Balaban J connectivity index is 2.03. The van der Waals surface area contributed by atoms with Gasteiger partial charge in [-0.05, 0) is 25.0 Å². The monoisotopic (exact) mass is 324 g/mol. The van der Waals surface area contributed by atoms with Gasteiger partial charge in [0.15, 0.2) is 0 Å². The first kappa shape index (κ1) is 16.8. The molecule has 1 aromatic rings. The molecule has 0 aromatic heterocycles. The van der Waals surface area contributed by atoms with Gasteiger partial charge >= 0.3 is 0 Å². The summed E-state index contributed by atoms with van der Waals surface area (Å²) in [6.07, 6.45) is 0.727. The van der Waals surface area contributed by atoms with Gasteiger partial charge < -0.3 is 14.5 Å². The van der Waals surface area contributed by atoms with E-state index in [1.54, 1.807) is 29.9 Å². The van der Waals surface area contributed by atoms with E-state index in [-0.39, 0.29) is 18.4 Å². The van der Waals surface area contributed by atoms with Crippen LogP contribution in [0.4, 0.5) is 0 Å². The third kappa shape index (κ3) is 3.78. The van der Waals surface area contributed by atoms with E-state index in [1.807, 2.05) is 18.2 Å². The quantitative estimate of drug-likeness (QED) is 0.751. The van der Waals surface area contributed by atoms with Crippen LogP contribution in [-0.2, 0) is 20.9 Å².